The summed E-state index contributed by atoms with van der Waals surface area (Å²) in [4.78, 5) is 11.8. The minimum atomic E-state index is -0.535. The number of benzene rings is 1. The molecule has 0 bridgehead atoms. The molecule has 1 aromatic rings. The maximum absolute atomic E-state index is 11.8. The van der Waals surface area contributed by atoms with Gasteiger partial charge in [0.2, 0.25) is 0 Å². The molecule has 0 saturated heterocycles. The zero-order chi connectivity index (χ0) is 16.1. The SMILES string of the molecule is CC(C)(C)OC(=O)Nc1ccc(Cl)c(C2(N)CC2(C)C)c1. The number of amides is 1. The first-order chi connectivity index (χ1) is 9.45. The van der Waals surface area contributed by atoms with Gasteiger partial charge in [0.05, 0.1) is 0 Å². The van der Waals surface area contributed by atoms with E-state index in [1.54, 1.807) is 12.1 Å². The molecule has 1 amide bonds. The smallest absolute Gasteiger partial charge is 0.412 e. The van der Waals surface area contributed by atoms with Crippen molar-refractivity contribution in [2.75, 3.05) is 5.32 Å². The van der Waals surface area contributed by atoms with Crippen LogP contribution in [0, 0.1) is 5.41 Å². The number of nitrogens with one attached hydrogen (secondary N) is 1. The van der Waals surface area contributed by atoms with Crippen LogP contribution in [0.1, 0.15) is 46.6 Å². The molecule has 2 rings (SSSR count). The van der Waals surface area contributed by atoms with Crippen molar-refractivity contribution in [1.29, 1.82) is 0 Å². The van der Waals surface area contributed by atoms with Crippen molar-refractivity contribution < 1.29 is 9.53 Å². The van der Waals surface area contributed by atoms with Crippen LogP contribution >= 0.6 is 11.6 Å². The zero-order valence-corrected chi connectivity index (χ0v) is 14.0. The third-order valence-corrected chi connectivity index (χ3v) is 4.23. The number of hydrogen-bond donors (Lipinski definition) is 2. The second-order valence-electron chi connectivity index (χ2n) is 7.35. The Labute approximate surface area is 131 Å². The average Bonchev–Trinajstić information content (AvgIpc) is 2.79. The van der Waals surface area contributed by atoms with Crippen molar-refractivity contribution in [2.24, 2.45) is 11.1 Å². The lowest BCUT2D eigenvalue weighted by molar-refractivity contribution is 0.0636. The fourth-order valence-corrected chi connectivity index (χ4v) is 2.77. The van der Waals surface area contributed by atoms with Crippen molar-refractivity contribution in [2.45, 2.75) is 52.2 Å². The minimum absolute atomic E-state index is 0.0151. The number of halogens is 1. The van der Waals surface area contributed by atoms with E-state index >= 15 is 0 Å². The van der Waals surface area contributed by atoms with Gasteiger partial charge in [0.1, 0.15) is 5.60 Å². The van der Waals surface area contributed by atoms with Crippen molar-refractivity contribution in [3.8, 4) is 0 Å². The summed E-state index contributed by atoms with van der Waals surface area (Å²) in [6.07, 6.45) is 0.382. The van der Waals surface area contributed by atoms with Crippen molar-refractivity contribution >= 4 is 23.4 Å². The van der Waals surface area contributed by atoms with E-state index in [0.29, 0.717) is 10.7 Å². The van der Waals surface area contributed by atoms with Gasteiger partial charge in [0.15, 0.2) is 0 Å². The van der Waals surface area contributed by atoms with Crippen LogP contribution in [0.4, 0.5) is 10.5 Å². The molecule has 1 atom stereocenters. The molecule has 1 aromatic carbocycles. The normalized spacial score (nSPS) is 23.6. The van der Waals surface area contributed by atoms with Crippen LogP contribution in [0.3, 0.4) is 0 Å². The lowest BCUT2D eigenvalue weighted by Gasteiger charge is -2.21. The molecule has 4 nitrogen and oxygen atoms in total. The number of hydrogen-bond acceptors (Lipinski definition) is 3. The van der Waals surface area contributed by atoms with Crippen LogP contribution in [0.5, 0.6) is 0 Å². The van der Waals surface area contributed by atoms with Crippen LogP contribution in [0.15, 0.2) is 18.2 Å². The predicted octanol–water partition coefficient (Wildman–Crippen LogP) is 4.27. The van der Waals surface area contributed by atoms with Crippen LogP contribution in [-0.4, -0.2) is 11.7 Å². The second kappa shape index (κ2) is 4.89. The summed E-state index contributed by atoms with van der Waals surface area (Å²) < 4.78 is 5.24. The molecule has 116 valence electrons. The van der Waals surface area contributed by atoms with Gasteiger partial charge in [0.25, 0.3) is 0 Å². The molecule has 0 radical (unpaired) electrons. The molecule has 3 N–H and O–H groups in total. The fraction of sp³-hybridized carbons (Fsp3) is 0.562. The Kier molecular flexibility index (Phi) is 3.75. The Morgan fingerprint density at radius 2 is 1.95 bits per heavy atom. The number of carbonyl (C=O) groups excluding carboxylic acids is 1. The van der Waals surface area contributed by atoms with Crippen molar-refractivity contribution in [3.63, 3.8) is 0 Å². The van der Waals surface area contributed by atoms with Crippen LogP contribution in [-0.2, 0) is 10.3 Å². The molecule has 1 unspecified atom stereocenters. The predicted molar refractivity (Wildman–Crippen MR) is 85.6 cm³/mol. The average molecular weight is 311 g/mol. The van der Waals surface area contributed by atoms with Gasteiger partial charge in [-0.15, -0.1) is 0 Å². The highest BCUT2D eigenvalue weighted by molar-refractivity contribution is 6.31. The Morgan fingerprint density at radius 3 is 2.43 bits per heavy atom. The van der Waals surface area contributed by atoms with Gasteiger partial charge in [0, 0.05) is 16.2 Å². The Bertz CT molecular complexity index is 578. The Hall–Kier alpha value is -1.26. The van der Waals surface area contributed by atoms with E-state index < -0.39 is 17.2 Å². The highest BCUT2D eigenvalue weighted by Crippen LogP contribution is 2.61. The highest BCUT2D eigenvalue weighted by Gasteiger charge is 2.60. The number of rotatable bonds is 2. The van der Waals surface area contributed by atoms with E-state index in [4.69, 9.17) is 22.1 Å². The molecule has 1 aliphatic rings. The molecule has 0 aliphatic heterocycles. The molecular formula is C16H23ClN2O2. The molecule has 0 aromatic heterocycles. The monoisotopic (exact) mass is 310 g/mol. The molecule has 1 fully saturated rings. The number of anilines is 1. The molecule has 1 aliphatic carbocycles. The Morgan fingerprint density at radius 1 is 1.38 bits per heavy atom. The van der Waals surface area contributed by atoms with Gasteiger partial charge in [-0.05, 0) is 56.4 Å². The summed E-state index contributed by atoms with van der Waals surface area (Å²) in [6.45, 7) is 9.68. The van der Waals surface area contributed by atoms with Crippen LogP contribution < -0.4 is 11.1 Å². The summed E-state index contributed by atoms with van der Waals surface area (Å²) in [6, 6.07) is 5.34. The fourth-order valence-electron chi connectivity index (χ4n) is 2.48. The van der Waals surface area contributed by atoms with Crippen LogP contribution in [0.2, 0.25) is 5.02 Å². The van der Waals surface area contributed by atoms with E-state index in [2.05, 4.69) is 19.2 Å². The summed E-state index contributed by atoms with van der Waals surface area (Å²) in [5.74, 6) is 0. The molecule has 21 heavy (non-hydrogen) atoms. The third-order valence-electron chi connectivity index (χ3n) is 3.90. The Balaban J connectivity index is 2.19. The lowest BCUT2D eigenvalue weighted by atomic mass is 9.96. The van der Waals surface area contributed by atoms with Gasteiger partial charge in [-0.2, -0.15) is 0 Å². The van der Waals surface area contributed by atoms with E-state index in [1.165, 1.54) is 0 Å². The van der Waals surface area contributed by atoms with Gasteiger partial charge in [-0.1, -0.05) is 25.4 Å². The molecule has 0 spiro atoms. The first-order valence-electron chi connectivity index (χ1n) is 7.04. The van der Waals surface area contributed by atoms with Gasteiger partial charge in [-0.25, -0.2) is 4.79 Å². The van der Waals surface area contributed by atoms with E-state index in [1.807, 2.05) is 26.8 Å². The largest absolute Gasteiger partial charge is 0.444 e. The summed E-state index contributed by atoms with van der Waals surface area (Å²) in [7, 11) is 0. The first-order valence-corrected chi connectivity index (χ1v) is 7.41. The summed E-state index contributed by atoms with van der Waals surface area (Å²) in [5, 5.41) is 3.34. The van der Waals surface area contributed by atoms with E-state index in [-0.39, 0.29) is 5.41 Å². The van der Waals surface area contributed by atoms with Crippen LogP contribution in [0.25, 0.3) is 0 Å². The third kappa shape index (κ3) is 3.33. The number of carbonyl (C=O) groups is 1. The van der Waals surface area contributed by atoms with Gasteiger partial charge < -0.3 is 10.5 Å². The zero-order valence-electron chi connectivity index (χ0n) is 13.2. The number of nitrogens with two attached hydrogens (primary N) is 1. The molecule has 0 heterocycles. The highest BCUT2D eigenvalue weighted by atomic mass is 35.5. The van der Waals surface area contributed by atoms with Gasteiger partial charge >= 0.3 is 6.09 Å². The summed E-state index contributed by atoms with van der Waals surface area (Å²) in [5.41, 5.74) is 6.96. The maximum Gasteiger partial charge on any atom is 0.412 e. The minimum Gasteiger partial charge on any atom is -0.444 e. The number of ether oxygens (including phenoxy) is 1. The van der Waals surface area contributed by atoms with E-state index in [0.717, 1.165) is 12.0 Å². The molecule has 1 saturated carbocycles. The second-order valence-corrected chi connectivity index (χ2v) is 7.76. The van der Waals surface area contributed by atoms with E-state index in [9.17, 15) is 4.79 Å². The van der Waals surface area contributed by atoms with Crippen molar-refractivity contribution in [3.05, 3.63) is 28.8 Å². The first kappa shape index (κ1) is 16.1. The van der Waals surface area contributed by atoms with Crippen molar-refractivity contribution in [1.82, 2.24) is 0 Å². The van der Waals surface area contributed by atoms with Gasteiger partial charge in [-0.3, -0.25) is 5.32 Å². The molecule has 5 heteroatoms. The quantitative estimate of drug-likeness (QED) is 0.857. The maximum atomic E-state index is 11.8. The molecular weight excluding hydrogens is 288 g/mol. The standard InChI is InChI=1S/C16H23ClN2O2/c1-14(2,3)21-13(20)19-10-6-7-12(17)11(8-10)16(18)9-15(16,4)5/h6-8H,9,18H2,1-5H3,(H,19,20). The topological polar surface area (TPSA) is 64.3 Å². The summed E-state index contributed by atoms with van der Waals surface area (Å²) >= 11 is 6.27. The lowest BCUT2D eigenvalue weighted by Crippen LogP contribution is -2.28.